The van der Waals surface area contributed by atoms with Crippen LogP contribution in [0.2, 0.25) is 10.0 Å². The van der Waals surface area contributed by atoms with E-state index in [1.165, 1.54) is 41.3 Å². The van der Waals surface area contributed by atoms with Gasteiger partial charge in [-0.1, -0.05) is 23.2 Å². The van der Waals surface area contributed by atoms with E-state index in [4.69, 9.17) is 60.0 Å². The number of nitrogens with zero attached hydrogens (tertiary/aromatic N) is 5. The van der Waals surface area contributed by atoms with Crippen LogP contribution in [0, 0.1) is 24.8 Å². The minimum atomic E-state index is -0.904. The van der Waals surface area contributed by atoms with Gasteiger partial charge in [0.2, 0.25) is 0 Å². The summed E-state index contributed by atoms with van der Waals surface area (Å²) in [6.45, 7) is 39.3. The molecule has 418 valence electrons. The molecule has 2 amide bonds. The lowest BCUT2D eigenvalue weighted by atomic mass is 10.1. The van der Waals surface area contributed by atoms with Crippen molar-refractivity contribution in [2.75, 3.05) is 39.3 Å². The van der Waals surface area contributed by atoms with Gasteiger partial charge in [0, 0.05) is 61.4 Å². The summed E-state index contributed by atoms with van der Waals surface area (Å²) < 4.78 is 54.9. The van der Waals surface area contributed by atoms with Crippen LogP contribution in [0.25, 0.3) is 9.69 Å². The highest BCUT2D eigenvalue weighted by Gasteiger charge is 2.35. The first-order valence-electron chi connectivity index (χ1n) is 24.9. The first-order valence-corrected chi connectivity index (χ1v) is 25.7. The van der Waals surface area contributed by atoms with Crippen molar-refractivity contribution in [3.8, 4) is 0 Å². The first-order chi connectivity index (χ1) is 35.2. The molecule has 0 aromatic heterocycles. The maximum Gasteiger partial charge on any atom is 0.407 e. The Morgan fingerprint density at radius 3 is 1.57 bits per heavy atom. The summed E-state index contributed by atoms with van der Waals surface area (Å²) in [5.41, 5.74) is -2.83. The third kappa shape index (κ3) is 22.4. The van der Waals surface area contributed by atoms with Crippen LogP contribution in [0.3, 0.4) is 0 Å². The average Bonchev–Trinajstić information content (AvgIpc) is 3.27. The van der Waals surface area contributed by atoms with Crippen molar-refractivity contribution < 1.29 is 56.4 Å². The summed E-state index contributed by atoms with van der Waals surface area (Å²) >= 11 is 12.6. The van der Waals surface area contributed by atoms with E-state index < -0.39 is 64.1 Å². The summed E-state index contributed by atoms with van der Waals surface area (Å²) in [6, 6.07) is 7.17. The van der Waals surface area contributed by atoms with Crippen molar-refractivity contribution in [2.24, 2.45) is 0 Å². The molecule has 22 heteroatoms. The molecule has 4 rings (SSSR count). The molecule has 0 bridgehead atoms. The third-order valence-electron chi connectivity index (χ3n) is 10.5. The van der Waals surface area contributed by atoms with Crippen LogP contribution in [-0.2, 0) is 51.2 Å². The second-order valence-electron chi connectivity index (χ2n) is 21.9. The summed E-state index contributed by atoms with van der Waals surface area (Å²) in [5, 5.41) is 9.40. The number of ether oxygens (including phenoxy) is 5. The zero-order valence-electron chi connectivity index (χ0n) is 45.9. The molecule has 2 aromatic carbocycles. The zero-order valence-corrected chi connectivity index (χ0v) is 47.4. The molecule has 76 heavy (non-hydrogen) atoms. The lowest BCUT2D eigenvalue weighted by Gasteiger charge is -2.41. The van der Waals surface area contributed by atoms with Gasteiger partial charge in [0.1, 0.15) is 52.2 Å². The van der Waals surface area contributed by atoms with Crippen molar-refractivity contribution in [1.82, 2.24) is 30.7 Å². The molecule has 18 nitrogen and oxygen atoms in total. The van der Waals surface area contributed by atoms with Crippen molar-refractivity contribution in [3.63, 3.8) is 0 Å². The number of esters is 3. The maximum absolute atomic E-state index is 14.2. The predicted molar refractivity (Wildman–Crippen MR) is 284 cm³/mol. The summed E-state index contributed by atoms with van der Waals surface area (Å²) in [5.74, 6) is -2.93. The van der Waals surface area contributed by atoms with E-state index in [0.29, 0.717) is 61.5 Å². The van der Waals surface area contributed by atoms with Gasteiger partial charge in [0.25, 0.3) is 0 Å². The van der Waals surface area contributed by atoms with Gasteiger partial charge < -0.3 is 54.3 Å². The Balaban J connectivity index is 0.000000405. The number of halogens is 4. The first kappa shape index (κ1) is 63.8. The third-order valence-corrected chi connectivity index (χ3v) is 11.2. The molecule has 3 N–H and O–H groups in total. The van der Waals surface area contributed by atoms with Gasteiger partial charge >= 0.3 is 41.5 Å². The number of benzene rings is 2. The lowest BCUT2D eigenvalue weighted by Crippen LogP contribution is -2.51. The normalized spacial score (nSPS) is 16.6. The SMILES string of the molecule is [C-]#[N+]/C(C(=O)OC(C)(C)C)=C(\N(CC(=O)OCC)Cc1cc(F)ccc1Cl)N1CCC[C@@H](NC(=O)OC(C)(C)C)C1.[C-]#[N+]/C(C(=O)OC(C)(C)C)=C(\NCc1cc(F)ccc1Cl)N1CCC[C@@H](NC(=O)OC(C)(C)C)C1. The van der Waals surface area contributed by atoms with Gasteiger partial charge in [0.15, 0.2) is 0 Å². The van der Waals surface area contributed by atoms with E-state index in [-0.39, 0.29) is 72.9 Å². The topological polar surface area (TPSA) is 186 Å². The Kier molecular flexibility index (Phi) is 23.5. The van der Waals surface area contributed by atoms with E-state index in [0.717, 1.165) is 0 Å². The number of alkyl carbamates (subject to hydrolysis) is 2. The van der Waals surface area contributed by atoms with Crippen LogP contribution >= 0.6 is 23.2 Å². The lowest BCUT2D eigenvalue weighted by molar-refractivity contribution is -0.151. The minimum absolute atomic E-state index is 0.0778. The average molecular weight is 1100 g/mol. The number of carbonyl (C=O) groups is 5. The number of carbonyl (C=O) groups excluding carboxylic acids is 5. The fourth-order valence-corrected chi connectivity index (χ4v) is 8.07. The van der Waals surface area contributed by atoms with Crippen LogP contribution < -0.4 is 16.0 Å². The maximum atomic E-state index is 14.2. The Hall–Kier alpha value is -6.51. The Bertz CT molecular complexity index is 2540. The van der Waals surface area contributed by atoms with Crippen LogP contribution in [0.4, 0.5) is 18.4 Å². The van der Waals surface area contributed by atoms with Crippen LogP contribution in [0.5, 0.6) is 0 Å². The largest absolute Gasteiger partial charge is 0.465 e. The standard InChI is InChI=1S/C29H40ClFN4O6.C25H34ClFN4O4/c1-9-39-23(36)18-35(16-19-15-20(31)12-13-22(19)30)25(24(32-8)26(37)40-28(2,3)4)34-14-10-11-21(17-34)33-27(38)41-29(5,6)7;1-24(2,3)34-22(32)20(28-7)21(29-14-16-13-17(27)10-11-19(16)26)31-12-8-9-18(15-31)30-23(33)35-25(4,5)6/h12-13,15,21H,9-11,14,16-18H2,1-7H3,(H,33,38);10-11,13,18,29H,8-9,12,14-15H2,1-6H3,(H,30,33)/b25-24-;21-20+/t21-;18-/m11/s1. The van der Waals surface area contributed by atoms with Gasteiger partial charge in [0.05, 0.1) is 19.8 Å². The van der Waals surface area contributed by atoms with Gasteiger partial charge in [-0.05, 0) is 163 Å². The van der Waals surface area contributed by atoms with E-state index in [9.17, 15) is 32.8 Å². The smallest absolute Gasteiger partial charge is 0.407 e. The molecule has 2 atom stereocenters. The summed E-state index contributed by atoms with van der Waals surface area (Å²) in [6.07, 6.45) is 1.49. The Morgan fingerprint density at radius 1 is 0.671 bits per heavy atom. The van der Waals surface area contributed by atoms with Crippen molar-refractivity contribution in [2.45, 2.75) is 163 Å². The highest BCUT2D eigenvalue weighted by Crippen LogP contribution is 2.29. The molecule has 2 fully saturated rings. The van der Waals surface area contributed by atoms with Crippen LogP contribution in [-0.4, -0.2) is 119 Å². The van der Waals surface area contributed by atoms with E-state index in [1.807, 2.05) is 4.90 Å². The number of amides is 2. The number of likely N-dealkylation sites (tertiary alicyclic amines) is 2. The minimum Gasteiger partial charge on any atom is -0.465 e. The van der Waals surface area contributed by atoms with Crippen molar-refractivity contribution >= 4 is 53.3 Å². The fourth-order valence-electron chi connectivity index (χ4n) is 7.71. The molecule has 2 heterocycles. The fraction of sp³-hybridized carbons (Fsp3) is 0.574. The predicted octanol–water partition coefficient (Wildman–Crippen LogP) is 10.3. The molecular formula is C54H74Cl2F2N8O10. The van der Waals surface area contributed by atoms with Crippen LogP contribution in [0.15, 0.2) is 59.4 Å². The molecule has 0 saturated carbocycles. The summed E-state index contributed by atoms with van der Waals surface area (Å²) in [7, 11) is 0. The molecule has 0 aliphatic carbocycles. The second kappa shape index (κ2) is 28.0. The van der Waals surface area contributed by atoms with E-state index in [2.05, 4.69) is 25.6 Å². The molecule has 2 aliphatic rings. The second-order valence-corrected chi connectivity index (χ2v) is 22.8. The number of piperidine rings is 2. The number of hydrogen-bond acceptors (Lipinski definition) is 14. The number of nitrogens with one attached hydrogen (secondary N) is 3. The molecule has 2 saturated heterocycles. The molecule has 0 unspecified atom stereocenters. The van der Waals surface area contributed by atoms with Crippen molar-refractivity contribution in [1.29, 1.82) is 0 Å². The van der Waals surface area contributed by atoms with Gasteiger partial charge in [-0.3, -0.25) is 14.4 Å². The Morgan fingerprint density at radius 2 is 1.11 bits per heavy atom. The van der Waals surface area contributed by atoms with Crippen molar-refractivity contribution in [3.05, 3.63) is 115 Å². The van der Waals surface area contributed by atoms with E-state index in [1.54, 1.807) is 94.9 Å². The molecular weight excluding hydrogens is 1030 g/mol. The van der Waals surface area contributed by atoms with E-state index >= 15 is 0 Å². The van der Waals surface area contributed by atoms with Gasteiger partial charge in [-0.2, -0.15) is 0 Å². The monoisotopic (exact) mass is 1100 g/mol. The Labute approximate surface area is 456 Å². The zero-order chi connectivity index (χ0) is 57.3. The molecule has 2 aromatic rings. The van der Waals surface area contributed by atoms with Gasteiger partial charge in [-0.15, -0.1) is 0 Å². The van der Waals surface area contributed by atoms with Gasteiger partial charge in [-0.25, -0.2) is 28.1 Å². The molecule has 0 radical (unpaired) electrons. The summed E-state index contributed by atoms with van der Waals surface area (Å²) in [4.78, 5) is 75.8. The molecule has 0 spiro atoms. The highest BCUT2D eigenvalue weighted by molar-refractivity contribution is 6.31. The number of rotatable bonds is 15. The molecule has 2 aliphatic heterocycles. The van der Waals surface area contributed by atoms with Crippen LogP contribution in [0.1, 0.15) is 127 Å². The highest BCUT2D eigenvalue weighted by atomic mass is 35.5. The number of hydrogen-bond donors (Lipinski definition) is 3. The quantitative estimate of drug-likeness (QED) is 0.0662.